The minimum Gasteiger partial charge on any atom is -0.395 e. The first kappa shape index (κ1) is 12.9. The fourth-order valence-corrected chi connectivity index (χ4v) is 1.97. The van der Waals surface area contributed by atoms with Gasteiger partial charge in [0.15, 0.2) is 0 Å². The molecule has 1 aliphatic carbocycles. The van der Waals surface area contributed by atoms with Gasteiger partial charge in [-0.25, -0.2) is 13.1 Å². The molecule has 1 rings (SSSR count). The lowest BCUT2D eigenvalue weighted by molar-refractivity contribution is 0.123. The second-order valence-electron chi connectivity index (χ2n) is 3.81. The molecule has 0 bridgehead atoms. The lowest BCUT2D eigenvalue weighted by Gasteiger charge is -2.05. The van der Waals surface area contributed by atoms with Crippen molar-refractivity contribution < 1.29 is 18.3 Å². The summed E-state index contributed by atoms with van der Waals surface area (Å²) in [4.78, 5) is 0. The summed E-state index contributed by atoms with van der Waals surface area (Å²) in [6.07, 6.45) is 3.21. The van der Waals surface area contributed by atoms with E-state index in [1.807, 2.05) is 0 Å². The molecule has 0 aromatic heterocycles. The average Bonchev–Trinajstić information content (AvgIpc) is 2.94. The molecule has 0 spiro atoms. The highest BCUT2D eigenvalue weighted by molar-refractivity contribution is 7.89. The molecule has 1 aliphatic rings. The summed E-state index contributed by atoms with van der Waals surface area (Å²) < 4.78 is 29.9. The van der Waals surface area contributed by atoms with Gasteiger partial charge in [-0.1, -0.05) is 0 Å². The topological polar surface area (TPSA) is 75.6 Å². The van der Waals surface area contributed by atoms with Crippen molar-refractivity contribution in [2.45, 2.75) is 19.3 Å². The fraction of sp³-hybridized carbons (Fsp3) is 1.00. The molecule has 2 N–H and O–H groups in total. The number of hydrogen-bond acceptors (Lipinski definition) is 4. The normalized spacial score (nSPS) is 16.9. The van der Waals surface area contributed by atoms with E-state index in [4.69, 9.17) is 9.84 Å². The Morgan fingerprint density at radius 2 is 2.13 bits per heavy atom. The van der Waals surface area contributed by atoms with Crippen LogP contribution in [0.5, 0.6) is 0 Å². The van der Waals surface area contributed by atoms with Crippen LogP contribution < -0.4 is 4.72 Å². The second kappa shape index (κ2) is 6.42. The molecule has 0 aromatic carbocycles. The van der Waals surface area contributed by atoms with Gasteiger partial charge in [0.05, 0.1) is 12.4 Å². The van der Waals surface area contributed by atoms with E-state index >= 15 is 0 Å². The first-order valence-corrected chi connectivity index (χ1v) is 6.95. The van der Waals surface area contributed by atoms with Gasteiger partial charge in [0, 0.05) is 19.8 Å². The third kappa shape index (κ3) is 6.83. The van der Waals surface area contributed by atoms with E-state index in [1.54, 1.807) is 0 Å². The third-order valence-electron chi connectivity index (χ3n) is 2.20. The number of nitrogens with one attached hydrogen (secondary N) is 1. The van der Waals surface area contributed by atoms with E-state index in [-0.39, 0.29) is 12.4 Å². The van der Waals surface area contributed by atoms with Crippen LogP contribution in [0.15, 0.2) is 0 Å². The van der Waals surface area contributed by atoms with Gasteiger partial charge in [0.2, 0.25) is 10.0 Å². The van der Waals surface area contributed by atoms with E-state index in [0.717, 1.165) is 12.5 Å². The largest absolute Gasteiger partial charge is 0.395 e. The molecule has 1 fully saturated rings. The first-order chi connectivity index (χ1) is 7.14. The first-order valence-electron chi connectivity index (χ1n) is 5.30. The highest BCUT2D eigenvalue weighted by atomic mass is 32.2. The van der Waals surface area contributed by atoms with Gasteiger partial charge in [0.1, 0.15) is 0 Å². The summed E-state index contributed by atoms with van der Waals surface area (Å²) in [5.41, 5.74) is 0. The number of hydrogen-bond donors (Lipinski definition) is 2. The monoisotopic (exact) mass is 237 g/mol. The van der Waals surface area contributed by atoms with E-state index in [9.17, 15) is 8.42 Å². The van der Waals surface area contributed by atoms with Crippen molar-refractivity contribution in [3.05, 3.63) is 0 Å². The van der Waals surface area contributed by atoms with Crippen molar-refractivity contribution in [3.8, 4) is 0 Å². The van der Waals surface area contributed by atoms with Crippen LogP contribution in [0.2, 0.25) is 0 Å². The smallest absolute Gasteiger partial charge is 0.213 e. The summed E-state index contributed by atoms with van der Waals surface area (Å²) in [7, 11) is -3.28. The molecule has 0 heterocycles. The summed E-state index contributed by atoms with van der Waals surface area (Å²) in [6.45, 7) is 1.45. The Morgan fingerprint density at radius 1 is 1.40 bits per heavy atom. The van der Waals surface area contributed by atoms with Gasteiger partial charge < -0.3 is 9.84 Å². The molecule has 0 unspecified atom stereocenters. The Kier molecular flexibility index (Phi) is 5.52. The van der Waals surface area contributed by atoms with Crippen LogP contribution in [0.4, 0.5) is 0 Å². The zero-order chi connectivity index (χ0) is 11.1. The molecule has 0 saturated heterocycles. The molecule has 6 heteroatoms. The summed E-state index contributed by atoms with van der Waals surface area (Å²) in [6, 6.07) is 0. The van der Waals surface area contributed by atoms with Crippen molar-refractivity contribution >= 4 is 10.0 Å². The molecular weight excluding hydrogens is 218 g/mol. The predicted octanol–water partition coefficient (Wildman–Crippen LogP) is -0.285. The van der Waals surface area contributed by atoms with Crippen LogP contribution in [0.1, 0.15) is 19.3 Å². The Balaban J connectivity index is 1.90. The number of rotatable bonds is 9. The molecule has 0 aromatic rings. The second-order valence-corrected chi connectivity index (χ2v) is 5.74. The molecular formula is C9H19NO4S. The lowest BCUT2D eigenvalue weighted by atomic mass is 10.4. The maximum absolute atomic E-state index is 11.1. The Morgan fingerprint density at radius 3 is 2.73 bits per heavy atom. The zero-order valence-corrected chi connectivity index (χ0v) is 9.63. The highest BCUT2D eigenvalue weighted by Gasteiger charge is 2.20. The van der Waals surface area contributed by atoms with E-state index in [0.29, 0.717) is 19.6 Å². The van der Waals surface area contributed by atoms with Crippen molar-refractivity contribution in [1.82, 2.24) is 4.72 Å². The van der Waals surface area contributed by atoms with Gasteiger partial charge >= 0.3 is 0 Å². The van der Waals surface area contributed by atoms with Gasteiger partial charge in [-0.05, 0) is 25.2 Å². The molecule has 0 atom stereocenters. The van der Waals surface area contributed by atoms with Crippen LogP contribution >= 0.6 is 0 Å². The number of aliphatic hydroxyl groups excluding tert-OH is 1. The van der Waals surface area contributed by atoms with Crippen molar-refractivity contribution in [3.63, 3.8) is 0 Å². The highest BCUT2D eigenvalue weighted by Crippen LogP contribution is 2.28. The van der Waals surface area contributed by atoms with E-state index < -0.39 is 10.0 Å². The van der Waals surface area contributed by atoms with Crippen molar-refractivity contribution in [2.24, 2.45) is 5.92 Å². The van der Waals surface area contributed by atoms with Gasteiger partial charge in [-0.2, -0.15) is 0 Å². The minimum absolute atomic E-state index is 0.226. The third-order valence-corrected chi connectivity index (χ3v) is 3.56. The van der Waals surface area contributed by atoms with Gasteiger partial charge in [0.25, 0.3) is 0 Å². The summed E-state index contributed by atoms with van der Waals surface area (Å²) in [5, 5.41) is 8.47. The Bertz CT molecular complexity index is 261. The molecule has 1 saturated carbocycles. The van der Waals surface area contributed by atoms with Crippen LogP contribution in [-0.2, 0) is 14.8 Å². The average molecular weight is 237 g/mol. The van der Waals surface area contributed by atoms with Crippen LogP contribution in [0.3, 0.4) is 0 Å². The molecule has 90 valence electrons. The van der Waals surface area contributed by atoms with Crippen LogP contribution in [0, 0.1) is 5.92 Å². The van der Waals surface area contributed by atoms with Gasteiger partial charge in [-0.15, -0.1) is 0 Å². The zero-order valence-electron chi connectivity index (χ0n) is 8.81. The quantitative estimate of drug-likeness (QED) is 0.541. The van der Waals surface area contributed by atoms with Crippen molar-refractivity contribution in [2.75, 3.05) is 32.1 Å². The minimum atomic E-state index is -3.28. The number of sulfonamides is 1. The maximum atomic E-state index is 11.1. The SMILES string of the molecule is O=S(=O)(CCO)NCCCOCC1CC1. The van der Waals surface area contributed by atoms with Crippen LogP contribution in [-0.4, -0.2) is 45.6 Å². The van der Waals surface area contributed by atoms with Crippen LogP contribution in [0.25, 0.3) is 0 Å². The lowest BCUT2D eigenvalue weighted by Crippen LogP contribution is -2.29. The Hall–Kier alpha value is -0.170. The van der Waals surface area contributed by atoms with E-state index in [1.165, 1.54) is 12.8 Å². The molecule has 0 radical (unpaired) electrons. The molecule has 0 amide bonds. The number of aliphatic hydroxyl groups is 1. The maximum Gasteiger partial charge on any atom is 0.213 e. The standard InChI is InChI=1S/C9H19NO4S/c11-5-7-15(12,13)10-4-1-6-14-8-9-2-3-9/h9-11H,1-8H2. The molecule has 5 nitrogen and oxygen atoms in total. The predicted molar refractivity (Wildman–Crippen MR) is 57.0 cm³/mol. The van der Waals surface area contributed by atoms with Gasteiger partial charge in [-0.3, -0.25) is 0 Å². The number of ether oxygens (including phenoxy) is 1. The van der Waals surface area contributed by atoms with Crippen molar-refractivity contribution in [1.29, 1.82) is 0 Å². The molecule has 15 heavy (non-hydrogen) atoms. The fourth-order valence-electron chi connectivity index (χ4n) is 1.13. The summed E-state index contributed by atoms with van der Waals surface area (Å²) >= 11 is 0. The van der Waals surface area contributed by atoms with E-state index in [2.05, 4.69) is 4.72 Å². The summed E-state index contributed by atoms with van der Waals surface area (Å²) in [5.74, 6) is 0.520. The molecule has 0 aliphatic heterocycles. The Labute approximate surface area is 90.9 Å².